The molecule has 3 rings (SSSR count). The molecule has 1 aliphatic carbocycles. The zero-order valence-electron chi connectivity index (χ0n) is 11.4. The fourth-order valence-corrected chi connectivity index (χ4v) is 4.90. The van der Waals surface area contributed by atoms with Crippen LogP contribution in [0.25, 0.3) is 0 Å². The Hall–Kier alpha value is -0.930. The van der Waals surface area contributed by atoms with Crippen molar-refractivity contribution in [3.63, 3.8) is 0 Å². The maximum atomic E-state index is 12.6. The second-order valence-corrected chi connectivity index (χ2v) is 7.87. The van der Waals surface area contributed by atoms with Crippen molar-refractivity contribution in [3.05, 3.63) is 42.8 Å². The molecule has 0 aliphatic heterocycles. The first kappa shape index (κ1) is 13.1. The minimum absolute atomic E-state index is 0.222. The molecule has 0 N–H and O–H groups in total. The smallest absolute Gasteiger partial charge is 0.204 e. The Morgan fingerprint density at radius 1 is 1.05 bits per heavy atom. The Labute approximate surface area is 122 Å². The molecular formula is C16H18OS2. The fourth-order valence-electron chi connectivity index (χ4n) is 2.77. The zero-order valence-corrected chi connectivity index (χ0v) is 13.0. The van der Waals surface area contributed by atoms with E-state index < -0.39 is 0 Å². The monoisotopic (exact) mass is 290 g/mol. The zero-order chi connectivity index (χ0) is 13.4. The van der Waals surface area contributed by atoms with E-state index in [0.717, 1.165) is 28.2 Å². The molecule has 0 fully saturated rings. The van der Waals surface area contributed by atoms with E-state index in [1.807, 2.05) is 13.0 Å². The summed E-state index contributed by atoms with van der Waals surface area (Å²) in [5, 5.41) is 0. The number of aryl methyl sites for hydroxylation is 4. The van der Waals surface area contributed by atoms with E-state index in [9.17, 15) is 4.79 Å². The third-order valence-corrected chi connectivity index (χ3v) is 5.96. The SMILES string of the molecule is Cc1cc(C(=O)c2cc3c(s2)CCCCC3)c(C)s1. The molecule has 2 aromatic heterocycles. The highest BCUT2D eigenvalue weighted by Crippen LogP contribution is 2.32. The third-order valence-electron chi connectivity index (χ3n) is 3.76. The summed E-state index contributed by atoms with van der Waals surface area (Å²) in [5.41, 5.74) is 2.33. The summed E-state index contributed by atoms with van der Waals surface area (Å²) in [6, 6.07) is 4.19. The molecule has 3 heteroatoms. The lowest BCUT2D eigenvalue weighted by Crippen LogP contribution is -1.98. The van der Waals surface area contributed by atoms with Crippen molar-refractivity contribution < 1.29 is 4.79 Å². The highest BCUT2D eigenvalue weighted by atomic mass is 32.1. The van der Waals surface area contributed by atoms with Crippen LogP contribution in [0, 0.1) is 13.8 Å². The summed E-state index contributed by atoms with van der Waals surface area (Å²) in [6.07, 6.45) is 6.19. The van der Waals surface area contributed by atoms with Gasteiger partial charge in [-0.3, -0.25) is 4.79 Å². The van der Waals surface area contributed by atoms with Crippen LogP contribution in [0.15, 0.2) is 12.1 Å². The van der Waals surface area contributed by atoms with E-state index in [4.69, 9.17) is 0 Å². The lowest BCUT2D eigenvalue weighted by molar-refractivity contribution is 0.104. The Kier molecular flexibility index (Phi) is 3.59. The molecule has 0 spiro atoms. The first-order valence-corrected chi connectivity index (χ1v) is 8.52. The Morgan fingerprint density at radius 2 is 1.84 bits per heavy atom. The van der Waals surface area contributed by atoms with E-state index in [1.165, 1.54) is 34.6 Å². The van der Waals surface area contributed by atoms with Gasteiger partial charge in [0.15, 0.2) is 0 Å². The molecule has 0 atom stereocenters. The van der Waals surface area contributed by atoms with E-state index in [2.05, 4.69) is 13.0 Å². The first-order valence-electron chi connectivity index (χ1n) is 6.88. The molecule has 100 valence electrons. The van der Waals surface area contributed by atoms with Gasteiger partial charge in [-0.1, -0.05) is 6.42 Å². The van der Waals surface area contributed by atoms with Crippen LogP contribution in [-0.4, -0.2) is 5.78 Å². The minimum atomic E-state index is 0.222. The molecular weight excluding hydrogens is 272 g/mol. The number of carbonyl (C=O) groups is 1. The standard InChI is InChI=1S/C16H18OS2/c1-10-8-13(11(2)18-10)16(17)15-9-12-6-4-3-5-7-14(12)19-15/h8-9H,3-7H2,1-2H3. The number of thiophene rings is 2. The van der Waals surface area contributed by atoms with Crippen LogP contribution in [0.3, 0.4) is 0 Å². The molecule has 0 amide bonds. The van der Waals surface area contributed by atoms with Crippen LogP contribution in [0.4, 0.5) is 0 Å². The lowest BCUT2D eigenvalue weighted by Gasteiger charge is -1.96. The summed E-state index contributed by atoms with van der Waals surface area (Å²) in [6.45, 7) is 4.11. The highest BCUT2D eigenvalue weighted by molar-refractivity contribution is 7.15. The Balaban J connectivity index is 1.94. The van der Waals surface area contributed by atoms with Gasteiger partial charge in [0.05, 0.1) is 4.88 Å². The van der Waals surface area contributed by atoms with Crippen molar-refractivity contribution in [1.82, 2.24) is 0 Å². The normalized spacial score (nSPS) is 15.1. The Morgan fingerprint density at radius 3 is 2.58 bits per heavy atom. The van der Waals surface area contributed by atoms with E-state index >= 15 is 0 Å². The van der Waals surface area contributed by atoms with Crippen molar-refractivity contribution >= 4 is 28.5 Å². The number of carbonyl (C=O) groups excluding carboxylic acids is 1. The van der Waals surface area contributed by atoms with Crippen LogP contribution in [-0.2, 0) is 12.8 Å². The lowest BCUT2D eigenvalue weighted by atomic mass is 10.1. The third kappa shape index (κ3) is 2.54. The second kappa shape index (κ2) is 5.22. The van der Waals surface area contributed by atoms with Crippen molar-refractivity contribution in [2.24, 2.45) is 0 Å². The predicted molar refractivity (Wildman–Crippen MR) is 82.8 cm³/mol. The fraction of sp³-hybridized carbons (Fsp3) is 0.438. The minimum Gasteiger partial charge on any atom is -0.288 e. The molecule has 0 saturated heterocycles. The van der Waals surface area contributed by atoms with E-state index in [-0.39, 0.29) is 5.78 Å². The summed E-state index contributed by atoms with van der Waals surface area (Å²) in [4.78, 5) is 17.4. The van der Waals surface area contributed by atoms with Crippen LogP contribution < -0.4 is 0 Å². The van der Waals surface area contributed by atoms with Crippen LogP contribution in [0.1, 0.15) is 54.7 Å². The maximum Gasteiger partial charge on any atom is 0.204 e. The topological polar surface area (TPSA) is 17.1 Å². The van der Waals surface area contributed by atoms with E-state index in [1.54, 1.807) is 22.7 Å². The summed E-state index contributed by atoms with van der Waals surface area (Å²) >= 11 is 3.44. The number of ketones is 1. The van der Waals surface area contributed by atoms with Crippen molar-refractivity contribution in [2.75, 3.05) is 0 Å². The molecule has 0 aromatic carbocycles. The second-order valence-electron chi connectivity index (χ2n) is 5.28. The van der Waals surface area contributed by atoms with Gasteiger partial charge in [0.2, 0.25) is 5.78 Å². The highest BCUT2D eigenvalue weighted by Gasteiger charge is 2.19. The van der Waals surface area contributed by atoms with Gasteiger partial charge in [-0.2, -0.15) is 0 Å². The molecule has 1 aliphatic rings. The van der Waals surface area contributed by atoms with Crippen LogP contribution in [0.2, 0.25) is 0 Å². The number of hydrogen-bond donors (Lipinski definition) is 0. The van der Waals surface area contributed by atoms with Gasteiger partial charge in [-0.25, -0.2) is 0 Å². The molecule has 0 unspecified atom stereocenters. The predicted octanol–water partition coefficient (Wildman–Crippen LogP) is 4.93. The summed E-state index contributed by atoms with van der Waals surface area (Å²) in [7, 11) is 0. The quantitative estimate of drug-likeness (QED) is 0.566. The number of rotatable bonds is 2. The number of hydrogen-bond acceptors (Lipinski definition) is 3. The maximum absolute atomic E-state index is 12.6. The molecule has 1 nitrogen and oxygen atoms in total. The van der Waals surface area contributed by atoms with Gasteiger partial charge in [0.1, 0.15) is 0 Å². The van der Waals surface area contributed by atoms with Gasteiger partial charge in [0.25, 0.3) is 0 Å². The molecule has 19 heavy (non-hydrogen) atoms. The van der Waals surface area contributed by atoms with Crippen molar-refractivity contribution in [2.45, 2.75) is 46.0 Å². The molecule has 0 saturated carbocycles. The Bertz CT molecular complexity index is 595. The van der Waals surface area contributed by atoms with Crippen molar-refractivity contribution in [1.29, 1.82) is 0 Å². The van der Waals surface area contributed by atoms with Gasteiger partial charge < -0.3 is 0 Å². The average molecular weight is 290 g/mol. The van der Waals surface area contributed by atoms with Gasteiger partial charge >= 0.3 is 0 Å². The average Bonchev–Trinajstić information content (AvgIpc) is 2.85. The van der Waals surface area contributed by atoms with Crippen LogP contribution in [0.5, 0.6) is 0 Å². The van der Waals surface area contributed by atoms with Gasteiger partial charge in [-0.05, 0) is 57.2 Å². The molecule has 0 bridgehead atoms. The molecule has 0 radical (unpaired) electrons. The van der Waals surface area contributed by atoms with E-state index in [0.29, 0.717) is 0 Å². The first-order chi connectivity index (χ1) is 9.15. The summed E-state index contributed by atoms with van der Waals surface area (Å²) in [5.74, 6) is 0.222. The van der Waals surface area contributed by atoms with Crippen molar-refractivity contribution in [3.8, 4) is 0 Å². The van der Waals surface area contributed by atoms with Gasteiger partial charge in [-0.15, -0.1) is 22.7 Å². The molecule has 2 heterocycles. The largest absolute Gasteiger partial charge is 0.288 e. The molecule has 2 aromatic rings. The van der Waals surface area contributed by atoms with Gasteiger partial charge in [0, 0.05) is 20.2 Å². The summed E-state index contributed by atoms with van der Waals surface area (Å²) < 4.78 is 0. The number of fused-ring (bicyclic) bond motifs is 1. The van der Waals surface area contributed by atoms with Crippen LogP contribution >= 0.6 is 22.7 Å².